The Morgan fingerprint density at radius 3 is 2.26 bits per heavy atom. The quantitative estimate of drug-likeness (QED) is 0.730. The third-order valence-electron chi connectivity index (χ3n) is 5.27. The predicted octanol–water partition coefficient (Wildman–Crippen LogP) is 1.98. The van der Waals surface area contributed by atoms with E-state index in [1.807, 2.05) is 4.90 Å². The molecule has 4 heteroatoms. The van der Waals surface area contributed by atoms with Crippen LogP contribution in [0.25, 0.3) is 0 Å². The number of esters is 1. The minimum Gasteiger partial charge on any atom is -0.468 e. The van der Waals surface area contributed by atoms with Crippen molar-refractivity contribution < 1.29 is 14.3 Å². The highest BCUT2D eigenvalue weighted by Crippen LogP contribution is 2.58. The van der Waals surface area contributed by atoms with E-state index in [2.05, 4.69) is 0 Å². The first-order valence-corrected chi connectivity index (χ1v) is 7.59. The minimum atomic E-state index is -0.286. The summed E-state index contributed by atoms with van der Waals surface area (Å²) in [6.45, 7) is 0.149. The fraction of sp³-hybridized carbons (Fsp3) is 0.867. The summed E-state index contributed by atoms with van der Waals surface area (Å²) in [6, 6.07) is 0.271. The van der Waals surface area contributed by atoms with Gasteiger partial charge in [-0.1, -0.05) is 19.3 Å². The van der Waals surface area contributed by atoms with Gasteiger partial charge >= 0.3 is 5.97 Å². The van der Waals surface area contributed by atoms with Gasteiger partial charge in [0.1, 0.15) is 6.54 Å². The molecule has 3 fully saturated rings. The summed E-state index contributed by atoms with van der Waals surface area (Å²) in [6.07, 6.45) is 8.13. The molecule has 0 spiro atoms. The molecule has 3 rings (SSSR count). The predicted molar refractivity (Wildman–Crippen MR) is 70.3 cm³/mol. The maximum atomic E-state index is 12.7. The largest absolute Gasteiger partial charge is 0.468 e. The first-order chi connectivity index (χ1) is 9.22. The van der Waals surface area contributed by atoms with E-state index in [1.165, 1.54) is 39.2 Å². The van der Waals surface area contributed by atoms with Crippen LogP contribution in [0.5, 0.6) is 0 Å². The van der Waals surface area contributed by atoms with E-state index in [-0.39, 0.29) is 30.4 Å². The molecule has 0 N–H and O–H groups in total. The Morgan fingerprint density at radius 1 is 1.05 bits per heavy atom. The summed E-state index contributed by atoms with van der Waals surface area (Å²) < 4.78 is 4.75. The molecule has 3 aliphatic rings. The van der Waals surface area contributed by atoms with Gasteiger partial charge in [-0.25, -0.2) is 0 Å². The van der Waals surface area contributed by atoms with Crippen LogP contribution >= 0.6 is 0 Å². The standard InChI is InChI=1S/C15H23NO3/c1-19-13(17)9-16(10-5-2-3-6-10)15(18)14-11-7-4-8-12(11)14/h10-12,14H,2-9H2,1H3. The van der Waals surface area contributed by atoms with Gasteiger partial charge in [0.25, 0.3) is 0 Å². The lowest BCUT2D eigenvalue weighted by atomic mass is 10.1. The van der Waals surface area contributed by atoms with Crippen molar-refractivity contribution in [2.24, 2.45) is 17.8 Å². The van der Waals surface area contributed by atoms with Gasteiger partial charge in [0.15, 0.2) is 0 Å². The average molecular weight is 265 g/mol. The summed E-state index contributed by atoms with van der Waals surface area (Å²) in [7, 11) is 1.39. The maximum Gasteiger partial charge on any atom is 0.325 e. The fourth-order valence-corrected chi connectivity index (χ4v) is 4.19. The summed E-state index contributed by atoms with van der Waals surface area (Å²) in [4.78, 5) is 26.1. The molecule has 2 unspecified atom stereocenters. The van der Waals surface area contributed by atoms with E-state index in [9.17, 15) is 9.59 Å². The van der Waals surface area contributed by atoms with Crippen LogP contribution in [-0.4, -0.2) is 36.5 Å². The van der Waals surface area contributed by atoms with Crippen LogP contribution in [-0.2, 0) is 14.3 Å². The zero-order valence-corrected chi connectivity index (χ0v) is 11.6. The summed E-state index contributed by atoms with van der Waals surface area (Å²) >= 11 is 0. The first kappa shape index (κ1) is 12.9. The van der Waals surface area contributed by atoms with Gasteiger partial charge in [-0.3, -0.25) is 9.59 Å². The first-order valence-electron chi connectivity index (χ1n) is 7.59. The van der Waals surface area contributed by atoms with Crippen LogP contribution in [0.1, 0.15) is 44.9 Å². The van der Waals surface area contributed by atoms with Gasteiger partial charge in [0, 0.05) is 12.0 Å². The zero-order chi connectivity index (χ0) is 13.4. The number of rotatable bonds is 4. The molecule has 0 bridgehead atoms. The van der Waals surface area contributed by atoms with Crippen molar-refractivity contribution in [3.8, 4) is 0 Å². The monoisotopic (exact) mass is 265 g/mol. The second-order valence-corrected chi connectivity index (χ2v) is 6.26. The number of hydrogen-bond acceptors (Lipinski definition) is 3. The molecule has 4 nitrogen and oxygen atoms in total. The molecular weight excluding hydrogens is 242 g/mol. The second kappa shape index (κ2) is 5.14. The lowest BCUT2D eigenvalue weighted by Crippen LogP contribution is -2.44. The van der Waals surface area contributed by atoms with Crippen LogP contribution in [0, 0.1) is 17.8 Å². The third kappa shape index (κ3) is 2.37. The molecule has 19 heavy (non-hydrogen) atoms. The lowest BCUT2D eigenvalue weighted by Gasteiger charge is -2.28. The van der Waals surface area contributed by atoms with E-state index >= 15 is 0 Å². The molecular formula is C15H23NO3. The average Bonchev–Trinajstić information content (AvgIpc) is 2.85. The van der Waals surface area contributed by atoms with E-state index in [4.69, 9.17) is 4.74 Å². The summed E-state index contributed by atoms with van der Waals surface area (Å²) in [5.74, 6) is 1.40. The number of carbonyl (C=O) groups excluding carboxylic acids is 2. The number of nitrogens with zero attached hydrogens (tertiary/aromatic N) is 1. The maximum absolute atomic E-state index is 12.7. The van der Waals surface area contributed by atoms with Crippen molar-refractivity contribution in [2.75, 3.05) is 13.7 Å². The van der Waals surface area contributed by atoms with Gasteiger partial charge in [-0.2, -0.15) is 0 Å². The Morgan fingerprint density at radius 2 is 1.68 bits per heavy atom. The fourth-order valence-electron chi connectivity index (χ4n) is 4.19. The highest BCUT2D eigenvalue weighted by Gasteiger charge is 2.58. The second-order valence-electron chi connectivity index (χ2n) is 6.26. The molecule has 0 aromatic heterocycles. The van der Waals surface area contributed by atoms with Crippen molar-refractivity contribution in [1.82, 2.24) is 4.90 Å². The molecule has 0 radical (unpaired) electrons. The van der Waals surface area contributed by atoms with Gasteiger partial charge in [0.05, 0.1) is 7.11 Å². The van der Waals surface area contributed by atoms with Crippen LogP contribution in [0.4, 0.5) is 0 Å². The van der Waals surface area contributed by atoms with Gasteiger partial charge in [0.2, 0.25) is 5.91 Å². The van der Waals surface area contributed by atoms with Crippen molar-refractivity contribution in [3.05, 3.63) is 0 Å². The lowest BCUT2D eigenvalue weighted by molar-refractivity contribution is -0.149. The van der Waals surface area contributed by atoms with E-state index < -0.39 is 0 Å². The molecule has 0 aromatic rings. The molecule has 3 saturated carbocycles. The number of amides is 1. The molecule has 0 saturated heterocycles. The third-order valence-corrected chi connectivity index (χ3v) is 5.27. The smallest absolute Gasteiger partial charge is 0.325 e. The van der Waals surface area contributed by atoms with Crippen molar-refractivity contribution >= 4 is 11.9 Å². The topological polar surface area (TPSA) is 46.6 Å². The van der Waals surface area contributed by atoms with E-state index in [0.29, 0.717) is 11.8 Å². The number of carbonyl (C=O) groups is 2. The van der Waals surface area contributed by atoms with Crippen LogP contribution in [0.2, 0.25) is 0 Å². The molecule has 1 amide bonds. The molecule has 0 heterocycles. The molecule has 106 valence electrons. The van der Waals surface area contributed by atoms with Crippen LogP contribution in [0.3, 0.4) is 0 Å². The Balaban J connectivity index is 1.67. The van der Waals surface area contributed by atoms with Crippen LogP contribution in [0.15, 0.2) is 0 Å². The number of methoxy groups -OCH3 is 1. The van der Waals surface area contributed by atoms with E-state index in [0.717, 1.165) is 12.8 Å². The highest BCUT2D eigenvalue weighted by atomic mass is 16.5. The Hall–Kier alpha value is -1.06. The molecule has 3 aliphatic carbocycles. The number of ether oxygens (including phenoxy) is 1. The summed E-state index contributed by atoms with van der Waals surface area (Å²) in [5, 5.41) is 0. The van der Waals surface area contributed by atoms with Gasteiger partial charge in [-0.15, -0.1) is 0 Å². The van der Waals surface area contributed by atoms with Gasteiger partial charge in [-0.05, 0) is 37.5 Å². The highest BCUT2D eigenvalue weighted by molar-refractivity contribution is 5.86. The van der Waals surface area contributed by atoms with Gasteiger partial charge < -0.3 is 9.64 Å². The van der Waals surface area contributed by atoms with Crippen LogP contribution < -0.4 is 0 Å². The minimum absolute atomic E-state index is 0.149. The Kier molecular flexibility index (Phi) is 3.50. The zero-order valence-electron chi connectivity index (χ0n) is 11.6. The Bertz CT molecular complexity index is 366. The summed E-state index contributed by atoms with van der Waals surface area (Å²) in [5.41, 5.74) is 0. The van der Waals surface area contributed by atoms with Crippen molar-refractivity contribution in [1.29, 1.82) is 0 Å². The molecule has 2 atom stereocenters. The number of fused-ring (bicyclic) bond motifs is 1. The van der Waals surface area contributed by atoms with E-state index in [1.54, 1.807) is 0 Å². The normalized spacial score (nSPS) is 33.0. The molecule has 0 aromatic carbocycles. The number of hydrogen-bond donors (Lipinski definition) is 0. The van der Waals surface area contributed by atoms with Crippen molar-refractivity contribution in [2.45, 2.75) is 51.0 Å². The molecule has 0 aliphatic heterocycles. The van der Waals surface area contributed by atoms with Crippen molar-refractivity contribution in [3.63, 3.8) is 0 Å². The Labute approximate surface area is 114 Å². The SMILES string of the molecule is COC(=O)CN(C(=O)C1C2CCCC21)C1CCCC1.